The zero-order valence-corrected chi connectivity index (χ0v) is 14.7. The van der Waals surface area contributed by atoms with Crippen LogP contribution < -0.4 is 0 Å². The van der Waals surface area contributed by atoms with Crippen molar-refractivity contribution in [2.75, 3.05) is 26.2 Å². The quantitative estimate of drug-likeness (QED) is 0.856. The Balaban J connectivity index is 1.54. The molecule has 0 radical (unpaired) electrons. The average Bonchev–Trinajstić information content (AvgIpc) is 2.98. The summed E-state index contributed by atoms with van der Waals surface area (Å²) in [5.41, 5.74) is 2.26. The van der Waals surface area contributed by atoms with Crippen molar-refractivity contribution in [2.45, 2.75) is 45.4 Å². The highest BCUT2D eigenvalue weighted by molar-refractivity contribution is 5.80. The second-order valence-electron chi connectivity index (χ2n) is 7.21. The number of aryl methyl sites for hydroxylation is 1. The van der Waals surface area contributed by atoms with Gasteiger partial charge in [0.25, 0.3) is 0 Å². The predicted octanol–water partition coefficient (Wildman–Crippen LogP) is 2.79. The maximum absolute atomic E-state index is 12.6. The van der Waals surface area contributed by atoms with Crippen molar-refractivity contribution in [1.82, 2.24) is 9.80 Å². The fourth-order valence-electron chi connectivity index (χ4n) is 3.93. The summed E-state index contributed by atoms with van der Waals surface area (Å²) in [4.78, 5) is 29.1. The van der Waals surface area contributed by atoms with Crippen LogP contribution in [0.2, 0.25) is 0 Å². The Labute approximate surface area is 144 Å². The third-order valence-corrected chi connectivity index (χ3v) is 5.30. The van der Waals surface area contributed by atoms with Crippen molar-refractivity contribution in [3.63, 3.8) is 0 Å². The first kappa shape index (κ1) is 17.0. The summed E-state index contributed by atoms with van der Waals surface area (Å²) >= 11 is 0. The summed E-state index contributed by atoms with van der Waals surface area (Å²) in [6, 6.07) is 8.14. The number of hydrogen-bond acceptors (Lipinski definition) is 2. The molecule has 0 N–H and O–H groups in total. The number of hydrogen-bond donors (Lipinski definition) is 0. The fraction of sp³-hybridized carbons (Fsp3) is 0.600. The van der Waals surface area contributed by atoms with E-state index in [1.54, 1.807) is 0 Å². The molecule has 2 aliphatic rings. The first-order valence-electron chi connectivity index (χ1n) is 9.25. The summed E-state index contributed by atoms with van der Waals surface area (Å²) in [6.07, 6.45) is 5.81. The number of rotatable bonds is 3. The fourth-order valence-corrected chi connectivity index (χ4v) is 3.93. The minimum Gasteiger partial charge on any atom is -0.341 e. The van der Waals surface area contributed by atoms with E-state index in [1.807, 2.05) is 34.9 Å². The molecule has 2 amide bonds. The van der Waals surface area contributed by atoms with E-state index in [1.165, 1.54) is 18.4 Å². The highest BCUT2D eigenvalue weighted by atomic mass is 16.2. The molecule has 1 aromatic carbocycles. The Morgan fingerprint density at radius 1 is 1.00 bits per heavy atom. The van der Waals surface area contributed by atoms with Crippen molar-refractivity contribution in [3.8, 4) is 0 Å². The van der Waals surface area contributed by atoms with Crippen LogP contribution in [0.3, 0.4) is 0 Å². The monoisotopic (exact) mass is 328 g/mol. The largest absolute Gasteiger partial charge is 0.341 e. The van der Waals surface area contributed by atoms with Crippen LogP contribution >= 0.6 is 0 Å². The molecule has 0 spiro atoms. The highest BCUT2D eigenvalue weighted by Gasteiger charge is 2.29. The van der Waals surface area contributed by atoms with Crippen LogP contribution in [-0.2, 0) is 16.0 Å². The molecule has 0 bridgehead atoms. The van der Waals surface area contributed by atoms with Crippen LogP contribution in [0.1, 0.15) is 43.2 Å². The number of carbonyl (C=O) groups is 2. The molecule has 4 heteroatoms. The molecule has 0 unspecified atom stereocenters. The summed E-state index contributed by atoms with van der Waals surface area (Å²) in [5, 5.41) is 0. The van der Waals surface area contributed by atoms with E-state index >= 15 is 0 Å². The molecule has 1 aromatic rings. The number of nitrogens with zero attached hydrogens (tertiary/aromatic N) is 2. The molecular weight excluding hydrogens is 300 g/mol. The van der Waals surface area contributed by atoms with Crippen LogP contribution in [0.25, 0.3) is 0 Å². The van der Waals surface area contributed by atoms with Gasteiger partial charge in [0, 0.05) is 32.1 Å². The van der Waals surface area contributed by atoms with Gasteiger partial charge in [0.2, 0.25) is 11.8 Å². The Kier molecular flexibility index (Phi) is 5.54. The number of amides is 2. The highest BCUT2D eigenvalue weighted by Crippen LogP contribution is 2.27. The smallest absolute Gasteiger partial charge is 0.227 e. The molecule has 4 nitrogen and oxygen atoms in total. The molecule has 0 aromatic heterocycles. The first-order chi connectivity index (χ1) is 11.6. The minimum atomic E-state index is 0.177. The molecular formula is C20H28N2O2. The van der Waals surface area contributed by atoms with E-state index in [0.29, 0.717) is 25.4 Å². The van der Waals surface area contributed by atoms with Gasteiger partial charge in [-0.2, -0.15) is 0 Å². The van der Waals surface area contributed by atoms with Crippen LogP contribution in [0.15, 0.2) is 24.3 Å². The molecule has 24 heavy (non-hydrogen) atoms. The van der Waals surface area contributed by atoms with E-state index in [0.717, 1.165) is 37.9 Å². The topological polar surface area (TPSA) is 40.6 Å². The average molecular weight is 328 g/mol. The number of benzene rings is 1. The lowest BCUT2D eigenvalue weighted by Crippen LogP contribution is -2.39. The lowest BCUT2D eigenvalue weighted by Gasteiger charge is -2.24. The Hall–Kier alpha value is -1.84. The van der Waals surface area contributed by atoms with E-state index < -0.39 is 0 Å². The predicted molar refractivity (Wildman–Crippen MR) is 94.6 cm³/mol. The molecule has 3 rings (SSSR count). The zero-order chi connectivity index (χ0) is 16.9. The summed E-state index contributed by atoms with van der Waals surface area (Å²) in [6.45, 7) is 4.97. The molecule has 1 saturated carbocycles. The van der Waals surface area contributed by atoms with Gasteiger partial charge in [-0.1, -0.05) is 42.7 Å². The lowest BCUT2D eigenvalue weighted by atomic mass is 10.1. The second-order valence-corrected chi connectivity index (χ2v) is 7.21. The van der Waals surface area contributed by atoms with Crippen LogP contribution in [0.5, 0.6) is 0 Å². The van der Waals surface area contributed by atoms with Crippen LogP contribution in [0.4, 0.5) is 0 Å². The summed E-state index contributed by atoms with van der Waals surface area (Å²) in [7, 11) is 0. The van der Waals surface area contributed by atoms with Crippen LogP contribution in [0, 0.1) is 12.8 Å². The normalized spacial score (nSPS) is 19.4. The molecule has 2 fully saturated rings. The molecule has 1 aliphatic carbocycles. The third-order valence-electron chi connectivity index (χ3n) is 5.30. The van der Waals surface area contributed by atoms with E-state index in [4.69, 9.17) is 0 Å². The molecule has 0 atom stereocenters. The van der Waals surface area contributed by atoms with Gasteiger partial charge in [-0.3, -0.25) is 9.59 Å². The van der Waals surface area contributed by atoms with Crippen molar-refractivity contribution in [2.24, 2.45) is 5.92 Å². The minimum absolute atomic E-state index is 0.177. The lowest BCUT2D eigenvalue weighted by molar-refractivity contribution is -0.136. The van der Waals surface area contributed by atoms with Gasteiger partial charge in [-0.15, -0.1) is 0 Å². The van der Waals surface area contributed by atoms with E-state index in [2.05, 4.69) is 6.07 Å². The van der Waals surface area contributed by atoms with Gasteiger partial charge in [0.15, 0.2) is 0 Å². The molecule has 1 saturated heterocycles. The summed E-state index contributed by atoms with van der Waals surface area (Å²) in [5.74, 6) is 0.732. The first-order valence-corrected chi connectivity index (χ1v) is 9.25. The maximum atomic E-state index is 12.6. The van der Waals surface area contributed by atoms with E-state index in [9.17, 15) is 9.59 Å². The van der Waals surface area contributed by atoms with Crippen LogP contribution in [-0.4, -0.2) is 47.8 Å². The van der Waals surface area contributed by atoms with Gasteiger partial charge in [-0.25, -0.2) is 0 Å². The molecule has 130 valence electrons. The second kappa shape index (κ2) is 7.82. The molecule has 1 aliphatic heterocycles. The molecule has 1 heterocycles. The Bertz CT molecular complexity index is 593. The maximum Gasteiger partial charge on any atom is 0.227 e. The third kappa shape index (κ3) is 4.16. The number of carbonyl (C=O) groups excluding carboxylic acids is 2. The Morgan fingerprint density at radius 3 is 2.46 bits per heavy atom. The van der Waals surface area contributed by atoms with Crippen molar-refractivity contribution in [1.29, 1.82) is 0 Å². The van der Waals surface area contributed by atoms with Gasteiger partial charge in [0.1, 0.15) is 0 Å². The zero-order valence-electron chi connectivity index (χ0n) is 14.7. The van der Waals surface area contributed by atoms with E-state index in [-0.39, 0.29) is 11.8 Å². The SMILES string of the molecule is Cc1cccc(CC(=O)N2CCCN(C(=O)C3CCCC3)CC2)c1. The van der Waals surface area contributed by atoms with Crippen molar-refractivity contribution >= 4 is 11.8 Å². The van der Waals surface area contributed by atoms with Crippen molar-refractivity contribution in [3.05, 3.63) is 35.4 Å². The van der Waals surface area contributed by atoms with Gasteiger partial charge in [0.05, 0.1) is 6.42 Å². The summed E-state index contributed by atoms with van der Waals surface area (Å²) < 4.78 is 0. The van der Waals surface area contributed by atoms with Gasteiger partial charge < -0.3 is 9.80 Å². The standard InChI is InChI=1S/C20H28N2O2/c1-16-6-4-7-17(14-16)15-19(23)21-10-5-11-22(13-12-21)20(24)18-8-2-3-9-18/h4,6-7,14,18H,2-3,5,8-13,15H2,1H3. The Morgan fingerprint density at radius 2 is 1.71 bits per heavy atom. The van der Waals surface area contributed by atoms with Gasteiger partial charge in [-0.05, 0) is 31.7 Å². The van der Waals surface area contributed by atoms with Gasteiger partial charge >= 0.3 is 0 Å². The van der Waals surface area contributed by atoms with Crippen molar-refractivity contribution < 1.29 is 9.59 Å².